The number of carbonyl (C=O) groups excluding carboxylic acids is 2. The molecule has 0 aromatic heterocycles. The number of hydrogen-bond acceptors (Lipinski definition) is 5. The third kappa shape index (κ3) is 5.22. The summed E-state index contributed by atoms with van der Waals surface area (Å²) >= 11 is 13.2. The Labute approximate surface area is 165 Å². The Balaban J connectivity index is 1.57. The highest BCUT2D eigenvalue weighted by atomic mass is 35.5. The molecule has 1 aromatic carbocycles. The topological polar surface area (TPSA) is 82.9 Å². The molecule has 1 aliphatic heterocycles. The number of nitrogens with zero attached hydrogens (tertiary/aromatic N) is 2. The van der Waals surface area contributed by atoms with E-state index in [0.29, 0.717) is 20.9 Å². The van der Waals surface area contributed by atoms with Crippen LogP contribution in [0.25, 0.3) is 0 Å². The van der Waals surface area contributed by atoms with Crippen LogP contribution in [0, 0.1) is 0 Å². The van der Waals surface area contributed by atoms with Gasteiger partial charge in [0.25, 0.3) is 0 Å². The van der Waals surface area contributed by atoms with Crippen molar-refractivity contribution in [3.63, 3.8) is 0 Å². The van der Waals surface area contributed by atoms with Crippen molar-refractivity contribution in [2.24, 2.45) is 10.2 Å². The van der Waals surface area contributed by atoms with Gasteiger partial charge in [-0.1, -0.05) is 41.4 Å². The lowest BCUT2D eigenvalue weighted by molar-refractivity contribution is -0.122. The highest BCUT2D eigenvalue weighted by molar-refractivity contribution is 8.15. The molecule has 138 valence electrons. The predicted molar refractivity (Wildman–Crippen MR) is 107 cm³/mol. The van der Waals surface area contributed by atoms with E-state index in [4.69, 9.17) is 23.2 Å². The zero-order valence-electron chi connectivity index (χ0n) is 13.9. The first kappa shape index (κ1) is 19.2. The molecule has 0 radical (unpaired) electrons. The molecule has 1 heterocycles. The van der Waals surface area contributed by atoms with Gasteiger partial charge in [-0.25, -0.2) is 0 Å². The van der Waals surface area contributed by atoms with Crippen molar-refractivity contribution in [2.45, 2.75) is 43.8 Å². The summed E-state index contributed by atoms with van der Waals surface area (Å²) in [5.41, 5.74) is 1.49. The molecule has 3 rings (SSSR count). The van der Waals surface area contributed by atoms with Crippen molar-refractivity contribution >= 4 is 63.3 Å². The summed E-state index contributed by atoms with van der Waals surface area (Å²) in [6.45, 7) is 0. The molecule has 1 saturated carbocycles. The highest BCUT2D eigenvalue weighted by Crippen LogP contribution is 2.27. The summed E-state index contributed by atoms with van der Waals surface area (Å²) in [5, 5.41) is 14.5. The Morgan fingerprint density at radius 3 is 2.77 bits per heavy atom. The monoisotopic (exact) mass is 412 g/mol. The van der Waals surface area contributed by atoms with Gasteiger partial charge >= 0.3 is 0 Å². The molecule has 1 aliphatic carbocycles. The lowest BCUT2D eigenvalue weighted by Gasteiger charge is -2.10. The van der Waals surface area contributed by atoms with Crippen LogP contribution in [0.4, 0.5) is 5.69 Å². The number of nitrogens with one attached hydrogen (secondary N) is 2. The predicted octanol–water partition coefficient (Wildman–Crippen LogP) is 4.23. The quantitative estimate of drug-likeness (QED) is 0.725. The Hall–Kier alpha value is -1.57. The number of hydrogen-bond donors (Lipinski definition) is 2. The van der Waals surface area contributed by atoms with Gasteiger partial charge in [0.15, 0.2) is 5.17 Å². The van der Waals surface area contributed by atoms with Crippen LogP contribution in [0.3, 0.4) is 0 Å². The van der Waals surface area contributed by atoms with Crippen molar-refractivity contribution in [3.05, 3.63) is 28.2 Å². The molecule has 0 bridgehead atoms. The van der Waals surface area contributed by atoms with Crippen molar-refractivity contribution < 1.29 is 9.59 Å². The summed E-state index contributed by atoms with van der Waals surface area (Å²) in [6.07, 6.45) is 5.43. The molecule has 0 spiro atoms. The molecular formula is C17H18Cl2N4O2S. The van der Waals surface area contributed by atoms with E-state index >= 15 is 0 Å². The molecule has 9 heteroatoms. The Kier molecular flexibility index (Phi) is 6.56. The van der Waals surface area contributed by atoms with Crippen molar-refractivity contribution in [3.8, 4) is 0 Å². The van der Waals surface area contributed by atoms with E-state index in [1.54, 1.807) is 18.2 Å². The number of anilines is 1. The SMILES string of the molecule is O=C(C[C@H]1S/C(=N/N=C2CCCCC2)NC1=O)Nc1cc(Cl)ccc1Cl. The minimum Gasteiger partial charge on any atom is -0.325 e. The van der Waals surface area contributed by atoms with E-state index in [1.807, 2.05) is 0 Å². The van der Waals surface area contributed by atoms with Crippen LogP contribution in [0.15, 0.2) is 28.4 Å². The van der Waals surface area contributed by atoms with E-state index in [2.05, 4.69) is 20.8 Å². The van der Waals surface area contributed by atoms with Gasteiger partial charge in [-0.3, -0.25) is 9.59 Å². The van der Waals surface area contributed by atoms with Gasteiger partial charge in [0.2, 0.25) is 11.8 Å². The first-order valence-electron chi connectivity index (χ1n) is 8.37. The molecule has 2 fully saturated rings. The van der Waals surface area contributed by atoms with Crippen LogP contribution in [0.1, 0.15) is 38.5 Å². The van der Waals surface area contributed by atoms with Gasteiger partial charge in [0.1, 0.15) is 5.25 Å². The van der Waals surface area contributed by atoms with Gasteiger partial charge in [0.05, 0.1) is 10.7 Å². The van der Waals surface area contributed by atoms with Crippen LogP contribution in [0.2, 0.25) is 10.0 Å². The fourth-order valence-corrected chi connectivity index (χ4v) is 3.98. The molecule has 1 atom stereocenters. The maximum Gasteiger partial charge on any atom is 0.240 e. The fourth-order valence-electron chi connectivity index (χ4n) is 2.73. The lowest BCUT2D eigenvalue weighted by Crippen LogP contribution is -2.28. The van der Waals surface area contributed by atoms with Gasteiger partial charge in [0, 0.05) is 17.2 Å². The second kappa shape index (κ2) is 8.88. The van der Waals surface area contributed by atoms with Crippen LogP contribution in [-0.2, 0) is 9.59 Å². The number of amides is 2. The number of halogens is 2. The average Bonchev–Trinajstić information content (AvgIpc) is 2.97. The third-order valence-electron chi connectivity index (χ3n) is 4.06. The summed E-state index contributed by atoms with van der Waals surface area (Å²) < 4.78 is 0. The first-order chi connectivity index (χ1) is 12.5. The largest absolute Gasteiger partial charge is 0.325 e. The first-order valence-corrected chi connectivity index (χ1v) is 10.0. The fraction of sp³-hybridized carbons (Fsp3) is 0.412. The summed E-state index contributed by atoms with van der Waals surface area (Å²) in [6, 6.07) is 4.80. The number of benzene rings is 1. The standard InChI is InChI=1S/C17H18Cl2N4O2S/c18-10-6-7-12(19)13(8-10)20-15(24)9-14-16(25)21-17(26-14)23-22-11-4-2-1-3-5-11/h6-8,14H,1-5,9H2,(H,20,24)(H,21,23,25)/t14-/m1/s1. The second-order valence-corrected chi connectivity index (χ2v) is 8.14. The summed E-state index contributed by atoms with van der Waals surface area (Å²) in [5.74, 6) is -0.563. The average molecular weight is 413 g/mol. The lowest BCUT2D eigenvalue weighted by atomic mass is 9.99. The maximum absolute atomic E-state index is 12.2. The minimum atomic E-state index is -0.543. The molecule has 2 N–H and O–H groups in total. The van der Waals surface area contributed by atoms with E-state index < -0.39 is 5.25 Å². The number of rotatable bonds is 4. The molecule has 1 saturated heterocycles. The highest BCUT2D eigenvalue weighted by Gasteiger charge is 2.32. The molecule has 2 amide bonds. The molecule has 1 aromatic rings. The van der Waals surface area contributed by atoms with Gasteiger partial charge < -0.3 is 10.6 Å². The van der Waals surface area contributed by atoms with E-state index in [1.165, 1.54) is 18.2 Å². The molecule has 2 aliphatic rings. The van der Waals surface area contributed by atoms with E-state index in [-0.39, 0.29) is 18.2 Å². The maximum atomic E-state index is 12.2. The van der Waals surface area contributed by atoms with Gasteiger partial charge in [-0.05, 0) is 43.9 Å². The molecule has 26 heavy (non-hydrogen) atoms. The van der Waals surface area contributed by atoms with Crippen molar-refractivity contribution in [1.82, 2.24) is 5.32 Å². The van der Waals surface area contributed by atoms with Crippen LogP contribution in [-0.4, -0.2) is 27.9 Å². The second-order valence-electron chi connectivity index (χ2n) is 6.10. The van der Waals surface area contributed by atoms with Crippen molar-refractivity contribution in [1.29, 1.82) is 0 Å². The van der Waals surface area contributed by atoms with Crippen LogP contribution < -0.4 is 10.6 Å². The van der Waals surface area contributed by atoms with Gasteiger partial charge in [-0.2, -0.15) is 5.10 Å². The summed E-state index contributed by atoms with van der Waals surface area (Å²) in [7, 11) is 0. The number of carbonyl (C=O) groups is 2. The Morgan fingerprint density at radius 1 is 1.23 bits per heavy atom. The smallest absolute Gasteiger partial charge is 0.240 e. The van der Waals surface area contributed by atoms with Crippen LogP contribution >= 0.6 is 35.0 Å². The molecular weight excluding hydrogens is 395 g/mol. The Morgan fingerprint density at radius 2 is 2.00 bits per heavy atom. The molecule has 6 nitrogen and oxygen atoms in total. The van der Waals surface area contributed by atoms with Crippen molar-refractivity contribution in [2.75, 3.05) is 5.32 Å². The number of amidine groups is 1. The van der Waals surface area contributed by atoms with E-state index in [9.17, 15) is 9.59 Å². The van der Waals surface area contributed by atoms with Crippen LogP contribution in [0.5, 0.6) is 0 Å². The minimum absolute atomic E-state index is 0.00886. The van der Waals surface area contributed by atoms with E-state index in [0.717, 1.165) is 31.4 Å². The summed E-state index contributed by atoms with van der Waals surface area (Å²) in [4.78, 5) is 24.3. The third-order valence-corrected chi connectivity index (χ3v) is 5.70. The molecule has 0 unspecified atom stereocenters. The zero-order valence-corrected chi connectivity index (χ0v) is 16.3. The number of thioether (sulfide) groups is 1. The normalized spacial score (nSPS) is 21.6. The Bertz CT molecular complexity index is 774. The zero-order chi connectivity index (χ0) is 18.5. The van der Waals surface area contributed by atoms with Gasteiger partial charge in [-0.15, -0.1) is 5.10 Å².